The van der Waals surface area contributed by atoms with E-state index in [4.69, 9.17) is 9.84 Å². The van der Waals surface area contributed by atoms with Gasteiger partial charge in [-0.3, -0.25) is 14.6 Å². The van der Waals surface area contributed by atoms with E-state index >= 15 is 0 Å². The number of rotatable bonds is 3. The number of carbonyl (C=O) groups is 2. The van der Waals surface area contributed by atoms with Crippen molar-refractivity contribution in [3.63, 3.8) is 0 Å². The molecule has 2 heterocycles. The highest BCUT2D eigenvalue weighted by atomic mass is 16.5. The van der Waals surface area contributed by atoms with E-state index in [-0.39, 0.29) is 25.5 Å². The van der Waals surface area contributed by atoms with Gasteiger partial charge >= 0.3 is 5.97 Å². The maximum Gasteiger partial charge on any atom is 0.310 e. The number of carbonyl (C=O) groups excluding carboxylic acids is 1. The summed E-state index contributed by atoms with van der Waals surface area (Å²) >= 11 is 0. The Morgan fingerprint density at radius 3 is 2.67 bits per heavy atom. The first-order valence-corrected chi connectivity index (χ1v) is 6.98. The predicted octanol–water partition coefficient (Wildman–Crippen LogP) is 0.801. The molecular weight excluding hydrogens is 272 g/mol. The average Bonchev–Trinajstić information content (AvgIpc) is 2.63. The second kappa shape index (κ2) is 6.67. The molecule has 1 aromatic rings. The van der Waals surface area contributed by atoms with Crippen molar-refractivity contribution in [1.82, 2.24) is 9.88 Å². The molecule has 0 saturated carbocycles. The van der Waals surface area contributed by atoms with Gasteiger partial charge in [-0.25, -0.2) is 0 Å². The first-order chi connectivity index (χ1) is 9.95. The molecule has 0 bridgehead atoms. The van der Waals surface area contributed by atoms with Crippen LogP contribution in [-0.4, -0.2) is 53.2 Å². The molecular formula is C15H20N2O4. The number of nitrogens with zero attached hydrogens (tertiary/aromatic N) is 2. The van der Waals surface area contributed by atoms with Gasteiger partial charge in [0.15, 0.2) is 0 Å². The lowest BCUT2D eigenvalue weighted by atomic mass is 10.1. The third-order valence-electron chi connectivity index (χ3n) is 3.46. The summed E-state index contributed by atoms with van der Waals surface area (Å²) in [4.78, 5) is 29.3. The van der Waals surface area contributed by atoms with Crippen molar-refractivity contribution < 1.29 is 19.4 Å². The fourth-order valence-corrected chi connectivity index (χ4v) is 2.50. The highest BCUT2D eigenvalue weighted by molar-refractivity contribution is 5.80. The lowest BCUT2D eigenvalue weighted by Gasteiger charge is -2.22. The van der Waals surface area contributed by atoms with Crippen molar-refractivity contribution in [1.29, 1.82) is 0 Å². The van der Waals surface area contributed by atoms with Crippen LogP contribution in [0.5, 0.6) is 0 Å². The number of carboxylic acid groups (broad SMARTS) is 1. The van der Waals surface area contributed by atoms with Crippen LogP contribution >= 0.6 is 0 Å². The highest BCUT2D eigenvalue weighted by Gasteiger charge is 2.27. The topological polar surface area (TPSA) is 79.7 Å². The summed E-state index contributed by atoms with van der Waals surface area (Å²) in [6.45, 7) is 4.96. The van der Waals surface area contributed by atoms with Gasteiger partial charge in [-0.05, 0) is 31.5 Å². The Bertz CT molecular complexity index is 524. The SMILES string of the molecule is Cc1cc(CC(=O)N2CCOCC(C(=O)O)C2)cc(C)n1. The molecule has 1 fully saturated rings. The number of hydrogen-bond acceptors (Lipinski definition) is 4. The molecule has 1 saturated heterocycles. The normalized spacial score (nSPS) is 19.1. The van der Waals surface area contributed by atoms with Crippen LogP contribution in [0.4, 0.5) is 0 Å². The fraction of sp³-hybridized carbons (Fsp3) is 0.533. The number of pyridine rings is 1. The Morgan fingerprint density at radius 2 is 2.05 bits per heavy atom. The van der Waals surface area contributed by atoms with Crippen LogP contribution in [0.15, 0.2) is 12.1 Å². The van der Waals surface area contributed by atoms with E-state index in [1.807, 2.05) is 26.0 Å². The second-order valence-corrected chi connectivity index (χ2v) is 5.38. The Balaban J connectivity index is 2.06. The van der Waals surface area contributed by atoms with Gasteiger partial charge in [0.25, 0.3) is 0 Å². The van der Waals surface area contributed by atoms with E-state index in [9.17, 15) is 9.59 Å². The summed E-state index contributed by atoms with van der Waals surface area (Å²) < 4.78 is 5.25. The minimum absolute atomic E-state index is 0.0725. The number of aryl methyl sites for hydroxylation is 2. The molecule has 1 aliphatic heterocycles. The molecule has 114 valence electrons. The van der Waals surface area contributed by atoms with Gasteiger partial charge in [0.1, 0.15) is 0 Å². The largest absolute Gasteiger partial charge is 0.481 e. The van der Waals surface area contributed by atoms with Crippen molar-refractivity contribution in [3.05, 3.63) is 29.1 Å². The first kappa shape index (κ1) is 15.4. The van der Waals surface area contributed by atoms with Crippen LogP contribution in [0.2, 0.25) is 0 Å². The highest BCUT2D eigenvalue weighted by Crippen LogP contribution is 2.11. The standard InChI is InChI=1S/C15H20N2O4/c1-10-5-12(6-11(2)16-10)7-14(18)17-3-4-21-9-13(8-17)15(19)20/h5-6,13H,3-4,7-9H2,1-2H3,(H,19,20). The molecule has 0 aromatic carbocycles. The van der Waals surface area contributed by atoms with E-state index in [2.05, 4.69) is 4.98 Å². The summed E-state index contributed by atoms with van der Waals surface area (Å²) in [6.07, 6.45) is 0.260. The molecule has 6 nitrogen and oxygen atoms in total. The molecule has 1 aliphatic rings. The number of carboxylic acids is 1. The molecule has 0 spiro atoms. The molecule has 0 aliphatic carbocycles. The van der Waals surface area contributed by atoms with E-state index in [1.165, 1.54) is 0 Å². The van der Waals surface area contributed by atoms with Crippen molar-refractivity contribution in [2.45, 2.75) is 20.3 Å². The van der Waals surface area contributed by atoms with Crippen LogP contribution in [0, 0.1) is 19.8 Å². The smallest absolute Gasteiger partial charge is 0.310 e. The van der Waals surface area contributed by atoms with Crippen LogP contribution < -0.4 is 0 Å². The van der Waals surface area contributed by atoms with E-state index in [0.717, 1.165) is 17.0 Å². The Kier molecular flexibility index (Phi) is 4.90. The van der Waals surface area contributed by atoms with Gasteiger partial charge in [0, 0.05) is 24.5 Å². The number of amides is 1. The van der Waals surface area contributed by atoms with Gasteiger partial charge in [0.05, 0.1) is 25.6 Å². The van der Waals surface area contributed by atoms with E-state index in [1.54, 1.807) is 4.90 Å². The molecule has 0 radical (unpaired) electrons. The second-order valence-electron chi connectivity index (χ2n) is 5.38. The first-order valence-electron chi connectivity index (χ1n) is 6.98. The predicted molar refractivity (Wildman–Crippen MR) is 75.9 cm³/mol. The van der Waals surface area contributed by atoms with Gasteiger partial charge in [-0.2, -0.15) is 0 Å². The van der Waals surface area contributed by atoms with Crippen molar-refractivity contribution in [2.75, 3.05) is 26.3 Å². The number of hydrogen-bond donors (Lipinski definition) is 1. The van der Waals surface area contributed by atoms with Gasteiger partial charge in [0.2, 0.25) is 5.91 Å². The quantitative estimate of drug-likeness (QED) is 0.891. The van der Waals surface area contributed by atoms with Gasteiger partial charge in [-0.15, -0.1) is 0 Å². The lowest BCUT2D eigenvalue weighted by molar-refractivity contribution is -0.144. The lowest BCUT2D eigenvalue weighted by Crippen LogP contribution is -2.38. The molecule has 1 aromatic heterocycles. The monoisotopic (exact) mass is 292 g/mol. The molecule has 1 atom stereocenters. The number of aromatic nitrogens is 1. The third kappa shape index (κ3) is 4.26. The number of ether oxygens (including phenoxy) is 1. The summed E-state index contributed by atoms with van der Waals surface area (Å²) in [5.74, 6) is -1.65. The van der Waals surface area contributed by atoms with Gasteiger partial charge < -0.3 is 14.7 Å². The van der Waals surface area contributed by atoms with E-state index in [0.29, 0.717) is 13.2 Å². The zero-order chi connectivity index (χ0) is 15.4. The Hall–Kier alpha value is -1.95. The van der Waals surface area contributed by atoms with Crippen LogP contribution in [0.3, 0.4) is 0 Å². The molecule has 2 rings (SSSR count). The Labute approximate surface area is 123 Å². The van der Waals surface area contributed by atoms with Crippen molar-refractivity contribution >= 4 is 11.9 Å². The van der Waals surface area contributed by atoms with Crippen molar-refractivity contribution in [3.8, 4) is 0 Å². The summed E-state index contributed by atoms with van der Waals surface area (Å²) in [5.41, 5.74) is 2.66. The minimum Gasteiger partial charge on any atom is -0.481 e. The van der Waals surface area contributed by atoms with E-state index < -0.39 is 11.9 Å². The maximum absolute atomic E-state index is 12.4. The van der Waals surface area contributed by atoms with Gasteiger partial charge in [-0.1, -0.05) is 0 Å². The molecule has 1 N–H and O–H groups in total. The summed E-state index contributed by atoms with van der Waals surface area (Å²) in [6, 6.07) is 3.77. The molecule has 1 unspecified atom stereocenters. The summed E-state index contributed by atoms with van der Waals surface area (Å²) in [5, 5.41) is 9.10. The zero-order valence-corrected chi connectivity index (χ0v) is 12.3. The maximum atomic E-state index is 12.4. The third-order valence-corrected chi connectivity index (χ3v) is 3.46. The average molecular weight is 292 g/mol. The number of aliphatic carboxylic acids is 1. The zero-order valence-electron chi connectivity index (χ0n) is 12.3. The minimum atomic E-state index is -0.926. The molecule has 1 amide bonds. The summed E-state index contributed by atoms with van der Waals surface area (Å²) in [7, 11) is 0. The molecule has 21 heavy (non-hydrogen) atoms. The van der Waals surface area contributed by atoms with Crippen molar-refractivity contribution in [2.24, 2.45) is 5.92 Å². The fourth-order valence-electron chi connectivity index (χ4n) is 2.50. The van der Waals surface area contributed by atoms with Crippen LogP contribution in [-0.2, 0) is 20.7 Å². The molecule has 6 heteroatoms. The Morgan fingerprint density at radius 1 is 1.38 bits per heavy atom. The van der Waals surface area contributed by atoms with Crippen LogP contribution in [0.25, 0.3) is 0 Å². The van der Waals surface area contributed by atoms with Crippen LogP contribution in [0.1, 0.15) is 17.0 Å².